The number of hydrogen-bond donors (Lipinski definition) is 2. The summed E-state index contributed by atoms with van der Waals surface area (Å²) in [5.74, 6) is 0.0474. The lowest BCUT2D eigenvalue weighted by Gasteiger charge is -2.00. The molecule has 0 amide bonds. The Hall–Kier alpha value is -1.97. The summed E-state index contributed by atoms with van der Waals surface area (Å²) in [6, 6.07) is 9.17. The van der Waals surface area contributed by atoms with Crippen LogP contribution in [-0.4, -0.2) is 20.3 Å². The van der Waals surface area contributed by atoms with E-state index in [0.29, 0.717) is 17.8 Å². The zero-order valence-corrected chi connectivity index (χ0v) is 8.38. The predicted molar refractivity (Wildman–Crippen MR) is 55.9 cm³/mol. The van der Waals surface area contributed by atoms with E-state index in [2.05, 4.69) is 5.10 Å². The average molecular weight is 204 g/mol. The Morgan fingerprint density at radius 3 is 2.47 bits per heavy atom. The molecule has 78 valence electrons. The third-order valence-corrected chi connectivity index (χ3v) is 2.30. The van der Waals surface area contributed by atoms with Crippen LogP contribution in [0.25, 0.3) is 11.3 Å². The number of hydrogen-bond acceptors (Lipinski definition) is 3. The van der Waals surface area contributed by atoms with Crippen LogP contribution in [0.1, 0.15) is 12.6 Å². The van der Waals surface area contributed by atoms with Gasteiger partial charge in [0.25, 0.3) is 0 Å². The van der Waals surface area contributed by atoms with E-state index in [-0.39, 0.29) is 5.75 Å². The lowest BCUT2D eigenvalue weighted by atomic mass is 10.1. The first kappa shape index (κ1) is 9.58. The van der Waals surface area contributed by atoms with Crippen LogP contribution < -0.4 is 0 Å². The Balaban J connectivity index is 2.58. The van der Waals surface area contributed by atoms with Gasteiger partial charge in [-0.3, -0.25) is 0 Å². The molecule has 1 aromatic heterocycles. The molecule has 0 aliphatic rings. The summed E-state index contributed by atoms with van der Waals surface area (Å²) in [4.78, 5) is 0.726. The second-order valence-corrected chi connectivity index (χ2v) is 3.25. The molecule has 1 aromatic carbocycles. The van der Waals surface area contributed by atoms with Crippen LogP contribution in [0.15, 0.2) is 30.3 Å². The first-order valence-corrected chi connectivity index (χ1v) is 4.79. The smallest absolute Gasteiger partial charge is 0.168 e. The van der Waals surface area contributed by atoms with Gasteiger partial charge < -0.3 is 10.3 Å². The quantitative estimate of drug-likeness (QED) is 0.736. The van der Waals surface area contributed by atoms with Crippen molar-refractivity contribution in [2.75, 3.05) is 0 Å². The van der Waals surface area contributed by atoms with Gasteiger partial charge in [0.2, 0.25) is 0 Å². The molecule has 0 atom stereocenters. The molecule has 0 bridgehead atoms. The van der Waals surface area contributed by atoms with Crippen molar-refractivity contribution < 1.29 is 10.3 Å². The van der Waals surface area contributed by atoms with Gasteiger partial charge >= 0.3 is 0 Å². The zero-order valence-electron chi connectivity index (χ0n) is 8.38. The summed E-state index contributed by atoms with van der Waals surface area (Å²) in [5, 5.41) is 23.2. The Morgan fingerprint density at radius 1 is 1.27 bits per heavy atom. The average Bonchev–Trinajstić information content (AvgIpc) is 2.55. The summed E-state index contributed by atoms with van der Waals surface area (Å²) in [6.07, 6.45) is 0.583. The molecule has 0 unspecified atom stereocenters. The van der Waals surface area contributed by atoms with Crippen molar-refractivity contribution in [3.05, 3.63) is 36.0 Å². The number of benzene rings is 1. The molecule has 0 aliphatic heterocycles. The van der Waals surface area contributed by atoms with Gasteiger partial charge in [-0.2, -0.15) is 0 Å². The highest BCUT2D eigenvalue weighted by Crippen LogP contribution is 2.31. The Kier molecular flexibility index (Phi) is 2.33. The van der Waals surface area contributed by atoms with E-state index in [1.54, 1.807) is 0 Å². The van der Waals surface area contributed by atoms with Gasteiger partial charge in [0, 0.05) is 5.56 Å². The molecular formula is C11H12N2O2. The van der Waals surface area contributed by atoms with Crippen molar-refractivity contribution in [2.45, 2.75) is 13.3 Å². The molecule has 2 N–H and O–H groups in total. The van der Waals surface area contributed by atoms with Crippen LogP contribution in [-0.2, 0) is 6.42 Å². The molecule has 0 aliphatic carbocycles. The molecule has 0 fully saturated rings. The summed E-state index contributed by atoms with van der Waals surface area (Å²) >= 11 is 0. The van der Waals surface area contributed by atoms with E-state index in [0.717, 1.165) is 10.4 Å². The number of aromatic nitrogens is 2. The summed E-state index contributed by atoms with van der Waals surface area (Å²) in [5.41, 5.74) is 1.58. The first-order chi connectivity index (χ1) is 7.24. The monoisotopic (exact) mass is 204 g/mol. The normalized spacial score (nSPS) is 10.5. The highest BCUT2D eigenvalue weighted by molar-refractivity contribution is 5.67. The van der Waals surface area contributed by atoms with E-state index in [1.165, 1.54) is 0 Å². The summed E-state index contributed by atoms with van der Waals surface area (Å²) < 4.78 is 0. The van der Waals surface area contributed by atoms with Crippen LogP contribution in [0.4, 0.5) is 0 Å². The Bertz CT molecular complexity index is 463. The van der Waals surface area contributed by atoms with E-state index in [4.69, 9.17) is 0 Å². The fraction of sp³-hybridized carbons (Fsp3) is 0.182. The SMILES string of the molecule is CCc1nn(O)c(-c2ccccc2)c1O. The highest BCUT2D eigenvalue weighted by Gasteiger charge is 2.16. The first-order valence-electron chi connectivity index (χ1n) is 4.79. The molecule has 15 heavy (non-hydrogen) atoms. The van der Waals surface area contributed by atoms with E-state index in [9.17, 15) is 10.3 Å². The second kappa shape index (κ2) is 3.65. The largest absolute Gasteiger partial charge is 0.504 e. The molecule has 1 heterocycles. The molecule has 0 spiro atoms. The maximum Gasteiger partial charge on any atom is 0.168 e. The summed E-state index contributed by atoms with van der Waals surface area (Å²) in [6.45, 7) is 1.87. The lowest BCUT2D eigenvalue weighted by molar-refractivity contribution is 0.152. The lowest BCUT2D eigenvalue weighted by Crippen LogP contribution is -1.95. The maximum absolute atomic E-state index is 9.82. The molecule has 2 aromatic rings. The van der Waals surface area contributed by atoms with Crippen molar-refractivity contribution in [1.82, 2.24) is 9.94 Å². The van der Waals surface area contributed by atoms with E-state index in [1.807, 2.05) is 37.3 Å². The maximum atomic E-state index is 9.82. The Labute approximate surface area is 87.4 Å². The van der Waals surface area contributed by atoms with Crippen LogP contribution in [0.3, 0.4) is 0 Å². The van der Waals surface area contributed by atoms with Crippen LogP contribution in [0.5, 0.6) is 5.75 Å². The van der Waals surface area contributed by atoms with Crippen LogP contribution in [0.2, 0.25) is 0 Å². The van der Waals surface area contributed by atoms with Gasteiger partial charge in [0.1, 0.15) is 5.69 Å². The highest BCUT2D eigenvalue weighted by atomic mass is 16.5. The molecule has 0 saturated carbocycles. The molecule has 0 radical (unpaired) electrons. The third kappa shape index (κ3) is 1.54. The second-order valence-electron chi connectivity index (χ2n) is 3.25. The van der Waals surface area contributed by atoms with Gasteiger partial charge in [0.05, 0.1) is 0 Å². The molecule has 4 nitrogen and oxygen atoms in total. The van der Waals surface area contributed by atoms with Gasteiger partial charge in [-0.25, -0.2) is 0 Å². The van der Waals surface area contributed by atoms with Crippen LogP contribution >= 0.6 is 0 Å². The fourth-order valence-corrected chi connectivity index (χ4v) is 1.53. The van der Waals surface area contributed by atoms with E-state index < -0.39 is 0 Å². The molecule has 0 saturated heterocycles. The third-order valence-electron chi connectivity index (χ3n) is 2.30. The Morgan fingerprint density at radius 2 is 1.93 bits per heavy atom. The molecule has 2 rings (SSSR count). The number of aromatic hydroxyl groups is 1. The van der Waals surface area contributed by atoms with Crippen molar-refractivity contribution >= 4 is 0 Å². The standard InChI is InChI=1S/C11H12N2O2/c1-2-9-11(14)10(13(15)12-9)8-6-4-3-5-7-8/h3-7,14-15H,2H2,1H3. The van der Waals surface area contributed by atoms with Crippen molar-refractivity contribution in [1.29, 1.82) is 0 Å². The van der Waals surface area contributed by atoms with Crippen molar-refractivity contribution in [3.8, 4) is 17.0 Å². The summed E-state index contributed by atoms with van der Waals surface area (Å²) in [7, 11) is 0. The van der Waals surface area contributed by atoms with E-state index >= 15 is 0 Å². The predicted octanol–water partition coefficient (Wildman–Crippen LogP) is 2.06. The molecular weight excluding hydrogens is 192 g/mol. The topological polar surface area (TPSA) is 58.3 Å². The number of rotatable bonds is 2. The minimum Gasteiger partial charge on any atom is -0.504 e. The molecule has 4 heteroatoms. The van der Waals surface area contributed by atoms with Gasteiger partial charge in [-0.15, -0.1) is 5.10 Å². The number of aryl methyl sites for hydroxylation is 1. The van der Waals surface area contributed by atoms with Gasteiger partial charge in [-0.05, 0) is 6.42 Å². The van der Waals surface area contributed by atoms with Gasteiger partial charge in [-0.1, -0.05) is 42.1 Å². The number of nitrogens with zero attached hydrogens (tertiary/aromatic N) is 2. The fourth-order valence-electron chi connectivity index (χ4n) is 1.53. The zero-order chi connectivity index (χ0) is 10.8. The minimum atomic E-state index is 0.0474. The van der Waals surface area contributed by atoms with Gasteiger partial charge in [0.15, 0.2) is 11.4 Å². The minimum absolute atomic E-state index is 0.0474. The van der Waals surface area contributed by atoms with Crippen molar-refractivity contribution in [3.63, 3.8) is 0 Å². The van der Waals surface area contributed by atoms with Crippen LogP contribution in [0, 0.1) is 0 Å². The van der Waals surface area contributed by atoms with Crippen molar-refractivity contribution in [2.24, 2.45) is 0 Å².